The number of hydrogen-bond donors (Lipinski definition) is 2. The van der Waals surface area contributed by atoms with E-state index in [9.17, 15) is 23.5 Å². The molecule has 9 heteroatoms. The summed E-state index contributed by atoms with van der Waals surface area (Å²) in [6.07, 6.45) is 2.44. The van der Waals surface area contributed by atoms with Crippen molar-refractivity contribution in [3.63, 3.8) is 0 Å². The van der Waals surface area contributed by atoms with Crippen molar-refractivity contribution in [3.8, 4) is 0 Å². The molecule has 0 radical (unpaired) electrons. The number of nitrogens with zero attached hydrogens (tertiary/aromatic N) is 3. The summed E-state index contributed by atoms with van der Waals surface area (Å²) < 4.78 is 26.7. The third kappa shape index (κ3) is 4.92. The number of benzene rings is 1. The van der Waals surface area contributed by atoms with E-state index in [-0.39, 0.29) is 11.6 Å². The van der Waals surface area contributed by atoms with Gasteiger partial charge >= 0.3 is 6.55 Å². The van der Waals surface area contributed by atoms with Gasteiger partial charge in [0, 0.05) is 32.1 Å². The number of aliphatic hydroxyl groups is 1. The van der Waals surface area contributed by atoms with Gasteiger partial charge in [0.15, 0.2) is 0 Å². The normalized spacial score (nSPS) is 23.9. The summed E-state index contributed by atoms with van der Waals surface area (Å²) in [7, 11) is 1.52. The maximum Gasteiger partial charge on any atom is 0.333 e. The molecule has 0 spiro atoms. The molecule has 1 fully saturated rings. The van der Waals surface area contributed by atoms with E-state index in [1.165, 1.54) is 24.9 Å². The number of carbonyl (C=O) groups is 2. The monoisotopic (exact) mass is 434 g/mol. The van der Waals surface area contributed by atoms with Crippen LogP contribution in [0.4, 0.5) is 8.78 Å². The molecule has 1 aromatic carbocycles. The topological polar surface area (TPSA) is 87.5 Å². The van der Waals surface area contributed by atoms with Gasteiger partial charge in [-0.25, -0.2) is 0 Å². The van der Waals surface area contributed by atoms with Gasteiger partial charge in [-0.3, -0.25) is 9.59 Å². The fraction of sp³-hybridized carbons (Fsp3) is 0.500. The number of rotatable bonds is 6. The molecule has 3 atom stereocenters. The van der Waals surface area contributed by atoms with Gasteiger partial charge < -0.3 is 15.3 Å². The number of aromatic nitrogens is 2. The number of carbonyl (C=O) groups excluding carboxylic acids is 2. The Morgan fingerprint density at radius 1 is 1.26 bits per heavy atom. The Balaban J connectivity index is 1.84. The van der Waals surface area contributed by atoms with Crippen molar-refractivity contribution in [2.75, 3.05) is 13.6 Å². The van der Waals surface area contributed by atoms with Crippen molar-refractivity contribution >= 4 is 11.8 Å². The van der Waals surface area contributed by atoms with Crippen molar-refractivity contribution in [1.29, 1.82) is 0 Å². The van der Waals surface area contributed by atoms with Gasteiger partial charge in [0.2, 0.25) is 5.91 Å². The van der Waals surface area contributed by atoms with Crippen LogP contribution in [0.2, 0.25) is 0 Å². The number of aliphatic hydroxyl groups excluding tert-OH is 1. The molecule has 1 aliphatic rings. The molecule has 2 amide bonds. The molecule has 7 nitrogen and oxygen atoms in total. The molecule has 1 saturated carbocycles. The minimum absolute atomic E-state index is 0.135. The molecule has 1 aliphatic carbocycles. The number of nitrogens with one attached hydrogen (secondary N) is 1. The van der Waals surface area contributed by atoms with Crippen LogP contribution in [0.1, 0.15) is 55.2 Å². The largest absolute Gasteiger partial charge is 0.391 e. The fourth-order valence-corrected chi connectivity index (χ4v) is 4.43. The molecule has 0 saturated heterocycles. The molecule has 1 heterocycles. The lowest BCUT2D eigenvalue weighted by atomic mass is 9.74. The van der Waals surface area contributed by atoms with Crippen LogP contribution in [0, 0.1) is 0 Å². The summed E-state index contributed by atoms with van der Waals surface area (Å²) in [4.78, 5) is 25.8. The number of hydrogen-bond acceptors (Lipinski definition) is 4. The second kappa shape index (κ2) is 9.55. The maximum absolute atomic E-state index is 13.2. The molecule has 0 aliphatic heterocycles. The van der Waals surface area contributed by atoms with Crippen LogP contribution in [-0.2, 0) is 10.2 Å². The maximum atomic E-state index is 13.2. The minimum atomic E-state index is -2.93. The summed E-state index contributed by atoms with van der Waals surface area (Å²) in [6, 6.07) is 10.5. The van der Waals surface area contributed by atoms with Crippen molar-refractivity contribution in [2.24, 2.45) is 0 Å². The van der Waals surface area contributed by atoms with Crippen LogP contribution < -0.4 is 5.32 Å². The van der Waals surface area contributed by atoms with Gasteiger partial charge in [-0.1, -0.05) is 30.3 Å². The molecule has 3 rings (SSSR count). The SMILES string of the molecule is CC(=O)NC[C@]1(c2ccccc2)CC[C@@H](O)[C@H](N(C)C(=O)c2ccnn2C(F)F)CC1. The third-order valence-corrected chi connectivity index (χ3v) is 6.24. The van der Waals surface area contributed by atoms with Crippen molar-refractivity contribution in [3.05, 3.63) is 53.9 Å². The first-order valence-corrected chi connectivity index (χ1v) is 10.3. The van der Waals surface area contributed by atoms with Crippen molar-refractivity contribution in [2.45, 2.75) is 56.7 Å². The Kier molecular flexibility index (Phi) is 7.04. The summed E-state index contributed by atoms with van der Waals surface area (Å²) >= 11 is 0. The lowest BCUT2D eigenvalue weighted by molar-refractivity contribution is -0.119. The highest BCUT2D eigenvalue weighted by molar-refractivity contribution is 5.92. The lowest BCUT2D eigenvalue weighted by Gasteiger charge is -2.34. The summed E-state index contributed by atoms with van der Waals surface area (Å²) in [5, 5.41) is 17.3. The van der Waals surface area contributed by atoms with E-state index < -0.39 is 30.0 Å². The highest BCUT2D eigenvalue weighted by atomic mass is 19.3. The highest BCUT2D eigenvalue weighted by Gasteiger charge is 2.40. The number of alkyl halides is 2. The molecule has 168 valence electrons. The predicted octanol–water partition coefficient (Wildman–Crippen LogP) is 2.73. The van der Waals surface area contributed by atoms with E-state index in [2.05, 4.69) is 10.4 Å². The second-order valence-electron chi connectivity index (χ2n) is 8.12. The summed E-state index contributed by atoms with van der Waals surface area (Å²) in [5.41, 5.74) is 0.444. The number of amides is 2. The molecular weight excluding hydrogens is 406 g/mol. The first kappa shape index (κ1) is 22.9. The molecule has 2 N–H and O–H groups in total. The van der Waals surface area contributed by atoms with Crippen LogP contribution in [0.5, 0.6) is 0 Å². The highest BCUT2D eigenvalue weighted by Crippen LogP contribution is 2.39. The molecular formula is C22H28F2N4O3. The van der Waals surface area contributed by atoms with Gasteiger partial charge in [0.05, 0.1) is 12.1 Å². The first-order valence-electron chi connectivity index (χ1n) is 10.3. The Bertz CT molecular complexity index is 905. The average molecular weight is 434 g/mol. The summed E-state index contributed by atoms with van der Waals surface area (Å²) in [6.45, 7) is -1.04. The smallest absolute Gasteiger partial charge is 0.333 e. The molecule has 2 aromatic rings. The summed E-state index contributed by atoms with van der Waals surface area (Å²) in [5.74, 6) is -0.750. The van der Waals surface area contributed by atoms with Crippen molar-refractivity contribution in [1.82, 2.24) is 20.0 Å². The minimum Gasteiger partial charge on any atom is -0.391 e. The zero-order valence-corrected chi connectivity index (χ0v) is 17.7. The van der Waals surface area contributed by atoms with Crippen LogP contribution in [0.3, 0.4) is 0 Å². The fourth-order valence-electron chi connectivity index (χ4n) is 4.43. The molecule has 0 unspecified atom stereocenters. The van der Waals surface area contributed by atoms with Gasteiger partial charge in [0.25, 0.3) is 5.91 Å². The van der Waals surface area contributed by atoms with E-state index in [0.29, 0.717) is 36.9 Å². The van der Waals surface area contributed by atoms with Crippen LogP contribution in [0.25, 0.3) is 0 Å². The van der Waals surface area contributed by atoms with E-state index in [4.69, 9.17) is 0 Å². The Morgan fingerprint density at radius 3 is 2.58 bits per heavy atom. The quantitative estimate of drug-likeness (QED) is 0.685. The van der Waals surface area contributed by atoms with E-state index in [1.807, 2.05) is 30.3 Å². The van der Waals surface area contributed by atoms with E-state index in [1.54, 1.807) is 0 Å². The predicted molar refractivity (Wildman–Crippen MR) is 111 cm³/mol. The van der Waals surface area contributed by atoms with Crippen LogP contribution in [-0.4, -0.2) is 57.3 Å². The van der Waals surface area contributed by atoms with Crippen LogP contribution in [0.15, 0.2) is 42.6 Å². The Morgan fingerprint density at radius 2 is 1.94 bits per heavy atom. The molecule has 0 bridgehead atoms. The zero-order chi connectivity index (χ0) is 22.6. The van der Waals surface area contributed by atoms with Gasteiger partial charge in [0.1, 0.15) is 5.69 Å². The van der Waals surface area contributed by atoms with E-state index >= 15 is 0 Å². The Hall–Kier alpha value is -2.81. The molecule has 1 aromatic heterocycles. The van der Waals surface area contributed by atoms with E-state index in [0.717, 1.165) is 11.8 Å². The number of halogens is 2. The molecule has 31 heavy (non-hydrogen) atoms. The van der Waals surface area contributed by atoms with Gasteiger partial charge in [-0.05, 0) is 37.3 Å². The Labute approximate surface area is 180 Å². The van der Waals surface area contributed by atoms with Gasteiger partial charge in [-0.2, -0.15) is 18.6 Å². The lowest BCUT2D eigenvalue weighted by Crippen LogP contribution is -2.45. The average Bonchev–Trinajstić information content (AvgIpc) is 3.19. The zero-order valence-electron chi connectivity index (χ0n) is 17.7. The van der Waals surface area contributed by atoms with Crippen LogP contribution >= 0.6 is 0 Å². The second-order valence-corrected chi connectivity index (χ2v) is 8.12. The van der Waals surface area contributed by atoms with Gasteiger partial charge in [-0.15, -0.1) is 0 Å². The first-order chi connectivity index (χ1) is 14.7. The third-order valence-electron chi connectivity index (χ3n) is 6.24. The van der Waals surface area contributed by atoms with Crippen molar-refractivity contribution < 1.29 is 23.5 Å². The standard InChI is InChI=1S/C22H28F2N4O3/c1-15(29)25-14-22(16-6-4-3-5-7-16)11-8-17(19(30)9-12-22)27(2)20(31)18-10-13-26-28(18)21(23)24/h3-7,10,13,17,19,21,30H,8-9,11-12,14H2,1-2H3,(H,25,29)/t17-,19-,22-/m1/s1. The number of likely N-dealkylation sites (N-methyl/N-ethyl adjacent to an activating group) is 1.